The SMILES string of the molecule is CCCC.Cc1ncc2cnccn12.Cc1nnc2ccccn12. The van der Waals surface area contributed by atoms with Crippen LogP contribution in [0.4, 0.5) is 0 Å². The van der Waals surface area contributed by atoms with Crippen molar-refractivity contribution < 1.29 is 0 Å². The molecule has 0 aromatic carbocycles. The largest absolute Gasteiger partial charge is 0.301 e. The van der Waals surface area contributed by atoms with E-state index in [0.717, 1.165) is 22.8 Å². The van der Waals surface area contributed by atoms with Crippen LogP contribution in [0, 0.1) is 13.8 Å². The normalized spacial score (nSPS) is 10.0. The van der Waals surface area contributed by atoms with Gasteiger partial charge >= 0.3 is 0 Å². The van der Waals surface area contributed by atoms with Crippen LogP contribution >= 0.6 is 0 Å². The molecule has 0 saturated heterocycles. The number of imidazole rings is 1. The van der Waals surface area contributed by atoms with Crippen molar-refractivity contribution in [2.45, 2.75) is 40.5 Å². The summed E-state index contributed by atoms with van der Waals surface area (Å²) in [4.78, 5) is 8.08. The fraction of sp³-hybridized carbons (Fsp3) is 0.333. The Morgan fingerprint density at radius 2 is 1.67 bits per heavy atom. The van der Waals surface area contributed by atoms with Crippen LogP contribution in [-0.2, 0) is 0 Å². The van der Waals surface area contributed by atoms with Crippen molar-refractivity contribution in [1.29, 1.82) is 0 Å². The fourth-order valence-corrected chi connectivity index (χ4v) is 1.95. The summed E-state index contributed by atoms with van der Waals surface area (Å²) in [5.41, 5.74) is 1.94. The molecular formula is C18H24N6. The lowest BCUT2D eigenvalue weighted by atomic mass is 10.4. The van der Waals surface area contributed by atoms with Crippen LogP contribution in [-0.4, -0.2) is 29.0 Å². The number of fused-ring (bicyclic) bond motifs is 2. The molecule has 4 aromatic rings. The number of nitrogens with zero attached hydrogens (tertiary/aromatic N) is 6. The molecule has 4 aromatic heterocycles. The van der Waals surface area contributed by atoms with Crippen LogP contribution in [0.1, 0.15) is 38.3 Å². The maximum atomic E-state index is 4.12. The number of pyridine rings is 1. The molecular weight excluding hydrogens is 300 g/mol. The van der Waals surface area contributed by atoms with Gasteiger partial charge in [-0.25, -0.2) is 4.98 Å². The quantitative estimate of drug-likeness (QED) is 0.533. The van der Waals surface area contributed by atoms with E-state index in [4.69, 9.17) is 0 Å². The van der Waals surface area contributed by atoms with Gasteiger partial charge in [-0.3, -0.25) is 9.38 Å². The van der Waals surface area contributed by atoms with Crippen molar-refractivity contribution in [3.8, 4) is 0 Å². The van der Waals surface area contributed by atoms with Crippen molar-refractivity contribution in [1.82, 2.24) is 29.0 Å². The Morgan fingerprint density at radius 3 is 2.33 bits per heavy atom. The third kappa shape index (κ3) is 4.38. The van der Waals surface area contributed by atoms with Gasteiger partial charge in [0.25, 0.3) is 0 Å². The van der Waals surface area contributed by atoms with Gasteiger partial charge in [0.15, 0.2) is 5.65 Å². The zero-order valence-electron chi connectivity index (χ0n) is 14.7. The van der Waals surface area contributed by atoms with Crippen LogP contribution in [0.2, 0.25) is 0 Å². The third-order valence-electron chi connectivity index (χ3n) is 3.50. The van der Waals surface area contributed by atoms with E-state index in [9.17, 15) is 0 Å². The predicted octanol–water partition coefficient (Wildman–Crippen LogP) is 3.88. The summed E-state index contributed by atoms with van der Waals surface area (Å²) in [6.07, 6.45) is 11.8. The topological polar surface area (TPSA) is 60.4 Å². The van der Waals surface area contributed by atoms with Gasteiger partial charge in [-0.05, 0) is 26.0 Å². The van der Waals surface area contributed by atoms with E-state index >= 15 is 0 Å². The lowest BCUT2D eigenvalue weighted by molar-refractivity contribution is 0.886. The smallest absolute Gasteiger partial charge is 0.160 e. The monoisotopic (exact) mass is 324 g/mol. The lowest BCUT2D eigenvalue weighted by Gasteiger charge is -1.91. The minimum atomic E-state index is 0.903. The van der Waals surface area contributed by atoms with Crippen LogP contribution in [0.3, 0.4) is 0 Å². The molecule has 126 valence electrons. The summed E-state index contributed by atoms with van der Waals surface area (Å²) in [5, 5.41) is 7.84. The van der Waals surface area contributed by atoms with E-state index in [1.165, 1.54) is 12.8 Å². The Hall–Kier alpha value is -2.76. The number of aromatic nitrogens is 6. The summed E-state index contributed by atoms with van der Waals surface area (Å²) in [6, 6.07) is 5.84. The Balaban J connectivity index is 0.000000143. The molecule has 6 heteroatoms. The van der Waals surface area contributed by atoms with Crippen molar-refractivity contribution in [3.63, 3.8) is 0 Å². The minimum Gasteiger partial charge on any atom is -0.301 e. The summed E-state index contributed by atoms with van der Waals surface area (Å²) in [5.74, 6) is 1.92. The highest BCUT2D eigenvalue weighted by atomic mass is 15.2. The molecule has 0 N–H and O–H groups in total. The summed E-state index contributed by atoms with van der Waals surface area (Å²) >= 11 is 0. The second-order valence-corrected chi connectivity index (χ2v) is 5.35. The fourth-order valence-electron chi connectivity index (χ4n) is 1.95. The van der Waals surface area contributed by atoms with Crippen molar-refractivity contribution in [2.75, 3.05) is 0 Å². The molecule has 0 bridgehead atoms. The summed E-state index contributed by atoms with van der Waals surface area (Å²) < 4.78 is 3.94. The second-order valence-electron chi connectivity index (χ2n) is 5.35. The Labute approximate surface area is 142 Å². The van der Waals surface area contributed by atoms with Gasteiger partial charge in [-0.2, -0.15) is 0 Å². The van der Waals surface area contributed by atoms with Crippen LogP contribution in [0.25, 0.3) is 11.2 Å². The van der Waals surface area contributed by atoms with E-state index in [1.807, 2.05) is 59.4 Å². The zero-order valence-corrected chi connectivity index (χ0v) is 14.7. The maximum Gasteiger partial charge on any atom is 0.160 e. The number of unbranched alkanes of at least 4 members (excludes halogenated alkanes) is 1. The Kier molecular flexibility index (Phi) is 6.42. The molecule has 0 aliphatic heterocycles. The highest BCUT2D eigenvalue weighted by molar-refractivity contribution is 5.42. The van der Waals surface area contributed by atoms with Gasteiger partial charge < -0.3 is 4.40 Å². The molecule has 0 saturated carbocycles. The molecule has 0 amide bonds. The molecule has 0 aliphatic carbocycles. The van der Waals surface area contributed by atoms with Crippen molar-refractivity contribution >= 4 is 11.2 Å². The van der Waals surface area contributed by atoms with Crippen molar-refractivity contribution in [2.24, 2.45) is 0 Å². The van der Waals surface area contributed by atoms with E-state index < -0.39 is 0 Å². The van der Waals surface area contributed by atoms with Gasteiger partial charge in [0.05, 0.1) is 17.9 Å². The van der Waals surface area contributed by atoms with Gasteiger partial charge in [0.1, 0.15) is 11.6 Å². The van der Waals surface area contributed by atoms with E-state index in [1.54, 1.807) is 12.4 Å². The number of hydrogen-bond donors (Lipinski definition) is 0. The highest BCUT2D eigenvalue weighted by Gasteiger charge is 1.95. The molecule has 24 heavy (non-hydrogen) atoms. The average Bonchev–Trinajstić information content (AvgIpc) is 3.20. The first kappa shape index (κ1) is 17.6. The zero-order chi connectivity index (χ0) is 17.4. The number of rotatable bonds is 1. The lowest BCUT2D eigenvalue weighted by Crippen LogP contribution is -1.86. The van der Waals surface area contributed by atoms with Gasteiger partial charge in [0.2, 0.25) is 0 Å². The molecule has 4 heterocycles. The van der Waals surface area contributed by atoms with Crippen LogP contribution < -0.4 is 0 Å². The molecule has 0 fully saturated rings. The molecule has 6 nitrogen and oxygen atoms in total. The molecule has 0 aliphatic rings. The first-order valence-corrected chi connectivity index (χ1v) is 8.17. The predicted molar refractivity (Wildman–Crippen MR) is 96.0 cm³/mol. The Morgan fingerprint density at radius 1 is 0.875 bits per heavy atom. The average molecular weight is 324 g/mol. The number of hydrogen-bond acceptors (Lipinski definition) is 4. The van der Waals surface area contributed by atoms with Gasteiger partial charge in [-0.1, -0.05) is 32.8 Å². The standard InChI is InChI=1S/2C7H7N3.C4H10/c1-6-9-5-7-4-8-2-3-10(6)7;1-6-8-9-7-4-2-3-5-10(6)7;1-3-4-2/h2*2-5H,1H3;3-4H2,1-2H3. The van der Waals surface area contributed by atoms with E-state index in [-0.39, 0.29) is 0 Å². The highest BCUT2D eigenvalue weighted by Crippen LogP contribution is 2.01. The van der Waals surface area contributed by atoms with Gasteiger partial charge in [0, 0.05) is 18.6 Å². The second kappa shape index (κ2) is 8.76. The molecule has 0 unspecified atom stereocenters. The summed E-state index contributed by atoms with van der Waals surface area (Å²) in [7, 11) is 0. The first-order valence-electron chi connectivity index (χ1n) is 8.17. The van der Waals surface area contributed by atoms with Crippen LogP contribution in [0.5, 0.6) is 0 Å². The molecule has 0 spiro atoms. The molecule has 0 atom stereocenters. The third-order valence-corrected chi connectivity index (χ3v) is 3.50. The van der Waals surface area contributed by atoms with E-state index in [0.29, 0.717) is 0 Å². The maximum absolute atomic E-state index is 4.12. The number of aryl methyl sites for hydroxylation is 2. The first-order chi connectivity index (χ1) is 11.7. The summed E-state index contributed by atoms with van der Waals surface area (Å²) in [6.45, 7) is 8.26. The van der Waals surface area contributed by atoms with E-state index in [2.05, 4.69) is 34.0 Å². The van der Waals surface area contributed by atoms with Crippen molar-refractivity contribution in [3.05, 3.63) is 60.8 Å². The van der Waals surface area contributed by atoms with Crippen LogP contribution in [0.15, 0.2) is 49.2 Å². The molecule has 0 radical (unpaired) electrons. The van der Waals surface area contributed by atoms with Gasteiger partial charge in [-0.15, -0.1) is 10.2 Å². The molecule has 4 rings (SSSR count). The minimum absolute atomic E-state index is 0.903. The Bertz CT molecular complexity index is 803.